The van der Waals surface area contributed by atoms with Crippen LogP contribution in [0.15, 0.2) is 12.1 Å². The fraction of sp³-hybridized carbons (Fsp3) is 0.250. The molecule has 0 aliphatic heterocycles. The van der Waals surface area contributed by atoms with Crippen molar-refractivity contribution in [1.82, 2.24) is 0 Å². The number of hydrogen-bond acceptors (Lipinski definition) is 1. The van der Waals surface area contributed by atoms with Crippen LogP contribution in [0.25, 0.3) is 0 Å². The van der Waals surface area contributed by atoms with Crippen molar-refractivity contribution >= 4 is 5.69 Å². The van der Waals surface area contributed by atoms with Gasteiger partial charge in [-0.2, -0.15) is 13.2 Å². The average molecular weight is 193 g/mol. The van der Waals surface area contributed by atoms with Crippen LogP contribution in [-0.4, -0.2) is 0 Å². The number of aryl methyl sites for hydroxylation is 1. The maximum absolute atomic E-state index is 12.7. The van der Waals surface area contributed by atoms with Crippen molar-refractivity contribution in [3.05, 3.63) is 29.1 Å². The summed E-state index contributed by atoms with van der Waals surface area (Å²) in [7, 11) is 0. The highest BCUT2D eigenvalue weighted by molar-refractivity contribution is 5.48. The van der Waals surface area contributed by atoms with Gasteiger partial charge in [0.2, 0.25) is 0 Å². The second-order valence-electron chi connectivity index (χ2n) is 2.69. The van der Waals surface area contributed by atoms with Gasteiger partial charge >= 0.3 is 6.18 Å². The van der Waals surface area contributed by atoms with E-state index >= 15 is 0 Å². The zero-order valence-electron chi connectivity index (χ0n) is 6.74. The van der Waals surface area contributed by atoms with Crippen LogP contribution in [0.4, 0.5) is 23.2 Å². The normalized spacial score (nSPS) is 11.8. The highest BCUT2D eigenvalue weighted by Crippen LogP contribution is 2.33. The first kappa shape index (κ1) is 9.83. The predicted octanol–water partition coefficient (Wildman–Crippen LogP) is 2.74. The van der Waals surface area contributed by atoms with Crippen LogP contribution >= 0.6 is 0 Å². The number of halogens is 4. The standard InChI is InChI=1S/C8H7F4N/c1-4-2-5(8(10,11)12)6(9)3-7(4)13/h2-3H,13H2,1H3. The van der Waals surface area contributed by atoms with Crippen LogP contribution in [0.5, 0.6) is 0 Å². The number of hydrogen-bond donors (Lipinski definition) is 1. The summed E-state index contributed by atoms with van der Waals surface area (Å²) in [6.45, 7) is 1.39. The lowest BCUT2D eigenvalue weighted by molar-refractivity contribution is -0.140. The third kappa shape index (κ3) is 1.91. The molecule has 0 aromatic heterocycles. The van der Waals surface area contributed by atoms with E-state index in [9.17, 15) is 17.6 Å². The van der Waals surface area contributed by atoms with E-state index in [0.717, 1.165) is 0 Å². The predicted molar refractivity (Wildman–Crippen MR) is 40.6 cm³/mol. The maximum atomic E-state index is 12.7. The van der Waals surface area contributed by atoms with E-state index in [1.54, 1.807) is 0 Å². The van der Waals surface area contributed by atoms with Crippen molar-refractivity contribution in [1.29, 1.82) is 0 Å². The summed E-state index contributed by atoms with van der Waals surface area (Å²) in [5.41, 5.74) is 4.18. The van der Waals surface area contributed by atoms with Crippen molar-refractivity contribution in [3.63, 3.8) is 0 Å². The summed E-state index contributed by atoms with van der Waals surface area (Å²) in [5.74, 6) is -1.34. The molecule has 5 heteroatoms. The highest BCUT2D eigenvalue weighted by atomic mass is 19.4. The summed E-state index contributed by atoms with van der Waals surface area (Å²) in [6, 6.07) is 1.38. The monoisotopic (exact) mass is 193 g/mol. The van der Waals surface area contributed by atoms with Crippen molar-refractivity contribution in [3.8, 4) is 0 Å². The van der Waals surface area contributed by atoms with E-state index in [2.05, 4.69) is 0 Å². The van der Waals surface area contributed by atoms with Gasteiger partial charge in [-0.15, -0.1) is 0 Å². The number of benzene rings is 1. The molecule has 1 rings (SSSR count). The minimum atomic E-state index is -4.66. The van der Waals surface area contributed by atoms with Gasteiger partial charge in [0.05, 0.1) is 5.56 Å². The van der Waals surface area contributed by atoms with Crippen LogP contribution in [-0.2, 0) is 6.18 Å². The van der Waals surface area contributed by atoms with Crippen LogP contribution in [0, 0.1) is 12.7 Å². The second kappa shape index (κ2) is 2.90. The summed E-state index contributed by atoms with van der Waals surface area (Å²) >= 11 is 0. The first-order valence-corrected chi connectivity index (χ1v) is 3.45. The lowest BCUT2D eigenvalue weighted by Crippen LogP contribution is -2.09. The maximum Gasteiger partial charge on any atom is 0.419 e. The summed E-state index contributed by atoms with van der Waals surface area (Å²) < 4.78 is 49.0. The molecule has 1 nitrogen and oxygen atoms in total. The van der Waals surface area contributed by atoms with Crippen molar-refractivity contribution in [2.75, 3.05) is 5.73 Å². The molecule has 0 aliphatic rings. The first-order chi connectivity index (χ1) is 5.82. The molecule has 0 spiro atoms. The molecule has 2 N–H and O–H groups in total. The smallest absolute Gasteiger partial charge is 0.398 e. The Morgan fingerprint density at radius 1 is 1.23 bits per heavy atom. The lowest BCUT2D eigenvalue weighted by atomic mass is 10.1. The van der Waals surface area contributed by atoms with E-state index in [-0.39, 0.29) is 11.3 Å². The van der Waals surface area contributed by atoms with Gasteiger partial charge in [-0.3, -0.25) is 0 Å². The van der Waals surface area contributed by atoms with Gasteiger partial charge in [0.1, 0.15) is 5.82 Å². The minimum absolute atomic E-state index is 0.0190. The Morgan fingerprint density at radius 2 is 1.77 bits per heavy atom. The van der Waals surface area contributed by atoms with Crippen LogP contribution in [0.2, 0.25) is 0 Å². The highest BCUT2D eigenvalue weighted by Gasteiger charge is 2.34. The van der Waals surface area contributed by atoms with Gasteiger partial charge in [0, 0.05) is 5.69 Å². The Morgan fingerprint density at radius 3 is 2.23 bits per heavy atom. The molecule has 0 aliphatic carbocycles. The summed E-state index contributed by atoms with van der Waals surface area (Å²) in [4.78, 5) is 0. The van der Waals surface area contributed by atoms with Crippen molar-refractivity contribution in [2.24, 2.45) is 0 Å². The molecule has 13 heavy (non-hydrogen) atoms. The Hall–Kier alpha value is -1.26. The van der Waals surface area contributed by atoms with Gasteiger partial charge in [0.15, 0.2) is 0 Å². The number of nitrogens with two attached hydrogens (primary N) is 1. The molecule has 0 bridgehead atoms. The first-order valence-electron chi connectivity index (χ1n) is 3.45. The van der Waals surface area contributed by atoms with Gasteiger partial charge in [-0.1, -0.05) is 0 Å². The van der Waals surface area contributed by atoms with Crippen molar-refractivity contribution in [2.45, 2.75) is 13.1 Å². The van der Waals surface area contributed by atoms with E-state index < -0.39 is 17.6 Å². The second-order valence-corrected chi connectivity index (χ2v) is 2.69. The number of anilines is 1. The zero-order valence-corrected chi connectivity index (χ0v) is 6.74. The van der Waals surface area contributed by atoms with Crippen LogP contribution < -0.4 is 5.73 Å². The average Bonchev–Trinajstić information content (AvgIpc) is 1.94. The Bertz CT molecular complexity index is 330. The molecular formula is C8H7F4N. The zero-order chi connectivity index (χ0) is 10.2. The quantitative estimate of drug-likeness (QED) is 0.497. The Labute approximate surface area is 72.2 Å². The summed E-state index contributed by atoms with van der Waals surface area (Å²) in [5, 5.41) is 0. The minimum Gasteiger partial charge on any atom is -0.398 e. The fourth-order valence-corrected chi connectivity index (χ4v) is 0.914. The third-order valence-corrected chi connectivity index (χ3v) is 1.66. The molecule has 0 atom stereocenters. The van der Waals surface area contributed by atoms with E-state index in [0.29, 0.717) is 12.1 Å². The molecule has 0 fully saturated rings. The number of alkyl halides is 3. The summed E-state index contributed by atoms with van der Waals surface area (Å²) in [6.07, 6.45) is -4.66. The largest absolute Gasteiger partial charge is 0.419 e. The topological polar surface area (TPSA) is 26.0 Å². The fourth-order valence-electron chi connectivity index (χ4n) is 0.914. The molecule has 0 amide bonds. The van der Waals surface area contributed by atoms with E-state index in [4.69, 9.17) is 5.73 Å². The lowest BCUT2D eigenvalue weighted by Gasteiger charge is -2.09. The Balaban J connectivity index is 3.32. The van der Waals surface area contributed by atoms with Gasteiger partial charge in [-0.25, -0.2) is 4.39 Å². The molecule has 0 radical (unpaired) electrons. The third-order valence-electron chi connectivity index (χ3n) is 1.66. The molecule has 0 saturated heterocycles. The van der Waals surface area contributed by atoms with Crippen molar-refractivity contribution < 1.29 is 17.6 Å². The SMILES string of the molecule is Cc1cc(C(F)(F)F)c(F)cc1N. The molecular weight excluding hydrogens is 186 g/mol. The molecule has 72 valence electrons. The molecule has 0 unspecified atom stereocenters. The number of rotatable bonds is 0. The molecule has 0 heterocycles. The Kier molecular flexibility index (Phi) is 2.19. The van der Waals surface area contributed by atoms with Crippen LogP contribution in [0.3, 0.4) is 0 Å². The molecule has 1 aromatic carbocycles. The molecule has 0 saturated carbocycles. The van der Waals surface area contributed by atoms with E-state index in [1.165, 1.54) is 6.92 Å². The van der Waals surface area contributed by atoms with E-state index in [1.807, 2.05) is 0 Å². The molecule has 1 aromatic rings. The van der Waals surface area contributed by atoms with Gasteiger partial charge < -0.3 is 5.73 Å². The number of nitrogen functional groups attached to an aromatic ring is 1. The van der Waals surface area contributed by atoms with Gasteiger partial charge in [0.25, 0.3) is 0 Å². The van der Waals surface area contributed by atoms with Crippen LogP contribution in [0.1, 0.15) is 11.1 Å². The van der Waals surface area contributed by atoms with Gasteiger partial charge in [-0.05, 0) is 24.6 Å².